The maximum Gasteiger partial charge on any atom is 0.144 e. The molecule has 1 aliphatic rings. The zero-order chi connectivity index (χ0) is 10.1. The fourth-order valence-corrected chi connectivity index (χ4v) is 3.88. The minimum Gasteiger partial charge on any atom is -0.308 e. The van der Waals surface area contributed by atoms with E-state index >= 15 is 0 Å². The minimum atomic E-state index is 0.464. The van der Waals surface area contributed by atoms with Crippen molar-refractivity contribution in [2.45, 2.75) is 18.9 Å². The smallest absolute Gasteiger partial charge is 0.144 e. The van der Waals surface area contributed by atoms with Gasteiger partial charge < -0.3 is 5.43 Å². The number of thiophene rings is 1. The van der Waals surface area contributed by atoms with Gasteiger partial charge in [-0.25, -0.2) is 5.84 Å². The molecule has 1 heterocycles. The second-order valence-electron chi connectivity index (χ2n) is 3.09. The van der Waals surface area contributed by atoms with Crippen molar-refractivity contribution >= 4 is 49.0 Å². The molecule has 14 heavy (non-hydrogen) atoms. The lowest BCUT2D eigenvalue weighted by atomic mass is 10.3. The molecule has 3 N–H and O–H groups in total. The Morgan fingerprint density at radius 1 is 1.57 bits per heavy atom. The quantitative estimate of drug-likeness (QED) is 0.377. The Labute approximate surface area is 103 Å². The van der Waals surface area contributed by atoms with Crippen molar-refractivity contribution in [1.29, 1.82) is 0 Å². The topological polar surface area (TPSA) is 50.4 Å². The first-order valence-corrected chi connectivity index (χ1v) is 6.60. The number of hydrogen-bond acceptors (Lipinski definition) is 3. The minimum absolute atomic E-state index is 0.464. The Hall–Kier alpha value is 0.0900. The first kappa shape index (κ1) is 10.6. The van der Waals surface area contributed by atoms with Crippen molar-refractivity contribution in [3.8, 4) is 0 Å². The van der Waals surface area contributed by atoms with E-state index in [4.69, 9.17) is 5.84 Å². The lowest BCUT2D eigenvalue weighted by Gasteiger charge is -2.03. The highest BCUT2D eigenvalue weighted by Gasteiger charge is 2.22. The molecule has 0 aliphatic heterocycles. The van der Waals surface area contributed by atoms with Crippen LogP contribution >= 0.6 is 43.2 Å². The molecule has 0 spiro atoms. The van der Waals surface area contributed by atoms with Gasteiger partial charge in [-0.1, -0.05) is 0 Å². The van der Waals surface area contributed by atoms with Gasteiger partial charge in [-0.15, -0.1) is 11.3 Å². The van der Waals surface area contributed by atoms with Crippen LogP contribution in [0, 0.1) is 0 Å². The van der Waals surface area contributed by atoms with Gasteiger partial charge >= 0.3 is 0 Å². The molecule has 1 fully saturated rings. The second kappa shape index (κ2) is 4.30. The van der Waals surface area contributed by atoms with E-state index in [0.29, 0.717) is 6.04 Å². The molecule has 1 saturated carbocycles. The zero-order valence-electron chi connectivity index (χ0n) is 7.26. The summed E-state index contributed by atoms with van der Waals surface area (Å²) in [6, 6.07) is 2.47. The highest BCUT2D eigenvalue weighted by Crippen LogP contribution is 2.33. The molecule has 0 bridgehead atoms. The predicted octanol–water partition coefficient (Wildman–Crippen LogP) is 2.65. The summed E-state index contributed by atoms with van der Waals surface area (Å²) >= 11 is 8.53. The fourth-order valence-electron chi connectivity index (χ4n) is 1.07. The van der Waals surface area contributed by atoms with Gasteiger partial charge in [-0.3, -0.25) is 4.99 Å². The van der Waals surface area contributed by atoms with Crippen LogP contribution in [-0.4, -0.2) is 11.9 Å². The maximum atomic E-state index is 5.45. The van der Waals surface area contributed by atoms with Crippen molar-refractivity contribution in [3.63, 3.8) is 0 Å². The van der Waals surface area contributed by atoms with Gasteiger partial charge in [0, 0.05) is 5.56 Å². The van der Waals surface area contributed by atoms with Crippen molar-refractivity contribution in [2.24, 2.45) is 10.8 Å². The number of amidine groups is 1. The van der Waals surface area contributed by atoms with E-state index in [1.54, 1.807) is 11.3 Å². The van der Waals surface area contributed by atoms with Crippen LogP contribution in [-0.2, 0) is 0 Å². The predicted molar refractivity (Wildman–Crippen MR) is 66.6 cm³/mol. The average Bonchev–Trinajstić information content (AvgIpc) is 2.89. The summed E-state index contributed by atoms with van der Waals surface area (Å²) < 4.78 is 2.11. The van der Waals surface area contributed by atoms with Gasteiger partial charge in [0.1, 0.15) is 5.84 Å². The van der Waals surface area contributed by atoms with Gasteiger partial charge in [0.2, 0.25) is 0 Å². The fraction of sp³-hybridized carbons (Fsp3) is 0.375. The van der Waals surface area contributed by atoms with E-state index in [9.17, 15) is 0 Å². The number of hydrogen-bond donors (Lipinski definition) is 2. The molecule has 1 aliphatic carbocycles. The molecular formula is C8H9Br2N3S. The molecule has 0 aromatic carbocycles. The largest absolute Gasteiger partial charge is 0.308 e. The molecule has 3 nitrogen and oxygen atoms in total. The van der Waals surface area contributed by atoms with Crippen molar-refractivity contribution < 1.29 is 0 Å². The standard InChI is InChI=1S/C8H9Br2N3S/c9-6-3-5(7(10)14-6)8(13-11)12-4-1-2-4/h3-4H,1-2,11H2,(H,12,13). The number of nitrogens with one attached hydrogen (secondary N) is 1. The summed E-state index contributed by atoms with van der Waals surface area (Å²) in [5.41, 5.74) is 3.67. The molecule has 6 heteroatoms. The highest BCUT2D eigenvalue weighted by atomic mass is 79.9. The second-order valence-corrected chi connectivity index (χ2v) is 6.84. The van der Waals surface area contributed by atoms with Crippen LogP contribution in [0.5, 0.6) is 0 Å². The molecule has 0 unspecified atom stereocenters. The molecule has 2 rings (SSSR count). The van der Waals surface area contributed by atoms with Crippen LogP contribution in [0.25, 0.3) is 0 Å². The number of rotatable bonds is 2. The zero-order valence-corrected chi connectivity index (χ0v) is 11.2. The summed E-state index contributed by atoms with van der Waals surface area (Å²) in [6.07, 6.45) is 2.35. The van der Waals surface area contributed by atoms with Gasteiger partial charge in [-0.05, 0) is 50.8 Å². The number of nitrogens with two attached hydrogens (primary N) is 1. The Kier molecular flexibility index (Phi) is 3.26. The van der Waals surface area contributed by atoms with Crippen molar-refractivity contribution in [2.75, 3.05) is 0 Å². The molecule has 0 amide bonds. The Bertz CT molecular complexity index is 371. The molecule has 76 valence electrons. The van der Waals surface area contributed by atoms with Crippen molar-refractivity contribution in [1.82, 2.24) is 5.43 Å². The number of aliphatic imine (C=N–C) groups is 1. The Morgan fingerprint density at radius 2 is 2.29 bits per heavy atom. The van der Waals surface area contributed by atoms with E-state index in [2.05, 4.69) is 42.3 Å². The molecule has 1 aromatic rings. The van der Waals surface area contributed by atoms with E-state index in [1.807, 2.05) is 6.07 Å². The van der Waals surface area contributed by atoms with E-state index in [0.717, 1.165) is 19.0 Å². The van der Waals surface area contributed by atoms with Crippen LogP contribution in [0.1, 0.15) is 18.4 Å². The first-order chi connectivity index (χ1) is 6.70. The van der Waals surface area contributed by atoms with Crippen LogP contribution in [0.3, 0.4) is 0 Å². The van der Waals surface area contributed by atoms with E-state index < -0.39 is 0 Å². The normalized spacial score (nSPS) is 17.2. The number of hydrazine groups is 1. The summed E-state index contributed by atoms with van der Waals surface area (Å²) in [5.74, 6) is 6.21. The Morgan fingerprint density at radius 3 is 2.71 bits per heavy atom. The van der Waals surface area contributed by atoms with Gasteiger partial charge in [0.25, 0.3) is 0 Å². The van der Waals surface area contributed by atoms with Gasteiger partial charge in [0.15, 0.2) is 0 Å². The van der Waals surface area contributed by atoms with Crippen LogP contribution in [0.2, 0.25) is 0 Å². The van der Waals surface area contributed by atoms with Crippen LogP contribution in [0.15, 0.2) is 18.6 Å². The molecule has 1 aromatic heterocycles. The monoisotopic (exact) mass is 337 g/mol. The molecule has 0 atom stereocenters. The van der Waals surface area contributed by atoms with Crippen LogP contribution in [0.4, 0.5) is 0 Å². The lowest BCUT2D eigenvalue weighted by molar-refractivity contribution is 0.971. The van der Waals surface area contributed by atoms with Gasteiger partial charge in [-0.2, -0.15) is 0 Å². The van der Waals surface area contributed by atoms with Gasteiger partial charge in [0.05, 0.1) is 13.6 Å². The third-order valence-electron chi connectivity index (χ3n) is 1.91. The Balaban J connectivity index is 2.30. The molecule has 0 saturated heterocycles. The van der Waals surface area contributed by atoms with Crippen molar-refractivity contribution in [3.05, 3.63) is 19.2 Å². The molecular weight excluding hydrogens is 330 g/mol. The summed E-state index contributed by atoms with van der Waals surface area (Å²) in [4.78, 5) is 4.49. The van der Waals surface area contributed by atoms with Crippen LogP contribution < -0.4 is 11.3 Å². The summed E-state index contributed by atoms with van der Waals surface area (Å²) in [7, 11) is 0. The first-order valence-electron chi connectivity index (χ1n) is 4.20. The van der Waals surface area contributed by atoms with E-state index in [1.165, 1.54) is 12.8 Å². The number of nitrogens with zero attached hydrogens (tertiary/aromatic N) is 1. The molecule has 0 radical (unpaired) electrons. The SMILES string of the molecule is NNC(=NC1CC1)c1cc(Br)sc1Br. The lowest BCUT2D eigenvalue weighted by Crippen LogP contribution is -2.31. The maximum absolute atomic E-state index is 5.45. The third-order valence-corrected chi connectivity index (χ3v) is 4.25. The van der Waals surface area contributed by atoms with E-state index in [-0.39, 0.29) is 0 Å². The average molecular weight is 339 g/mol. The third kappa shape index (κ3) is 2.36. The summed E-state index contributed by atoms with van der Waals surface area (Å²) in [5, 5.41) is 0. The summed E-state index contributed by atoms with van der Waals surface area (Å²) in [6.45, 7) is 0. The highest BCUT2D eigenvalue weighted by molar-refractivity contribution is 9.12. The number of halogens is 2.